The number of nitrogens with zero attached hydrogens (tertiary/aromatic N) is 1. The monoisotopic (exact) mass is 319 g/mol. The summed E-state index contributed by atoms with van der Waals surface area (Å²) in [5, 5.41) is 10.5. The van der Waals surface area contributed by atoms with Crippen molar-refractivity contribution in [2.75, 3.05) is 0 Å². The van der Waals surface area contributed by atoms with Gasteiger partial charge in [0, 0.05) is 22.3 Å². The molecule has 1 aromatic rings. The Bertz CT molecular complexity index is 628. The van der Waals surface area contributed by atoms with Crippen molar-refractivity contribution in [2.24, 2.45) is 0 Å². The van der Waals surface area contributed by atoms with Crippen molar-refractivity contribution in [3.8, 4) is 5.75 Å². The van der Waals surface area contributed by atoms with E-state index in [0.717, 1.165) is 6.92 Å². The van der Waals surface area contributed by atoms with E-state index in [1.807, 2.05) is 0 Å². The lowest BCUT2D eigenvalue weighted by molar-refractivity contribution is -0.385. The number of nitro groups is 1. The molecule has 0 spiro atoms. The molecule has 6 nitrogen and oxygen atoms in total. The molecule has 11 heteroatoms. The van der Waals surface area contributed by atoms with Crippen LogP contribution in [0.15, 0.2) is 17.0 Å². The molecular weight excluding hydrogens is 315 g/mol. The summed E-state index contributed by atoms with van der Waals surface area (Å²) in [6.07, 6.45) is -5.12. The lowest BCUT2D eigenvalue weighted by atomic mass is 10.2. The fourth-order valence-corrected chi connectivity index (χ4v) is 2.45. The van der Waals surface area contributed by atoms with E-state index in [-0.39, 0.29) is 0 Å². The molecule has 106 valence electrons. The van der Waals surface area contributed by atoms with Crippen LogP contribution in [-0.4, -0.2) is 19.7 Å². The number of alkyl halides is 3. The normalized spacial score (nSPS) is 12.3. The zero-order valence-corrected chi connectivity index (χ0v) is 10.6. The number of ether oxygens (including phenoxy) is 1. The molecule has 0 amide bonds. The van der Waals surface area contributed by atoms with E-state index in [9.17, 15) is 31.7 Å². The van der Waals surface area contributed by atoms with Gasteiger partial charge >= 0.3 is 6.36 Å². The molecule has 0 bridgehead atoms. The topological polar surface area (TPSA) is 86.5 Å². The van der Waals surface area contributed by atoms with Crippen LogP contribution in [-0.2, 0) is 9.05 Å². The molecule has 0 atom stereocenters. The Balaban J connectivity index is 3.55. The fraction of sp³-hybridized carbons (Fsp3) is 0.250. The largest absolute Gasteiger partial charge is 0.573 e. The van der Waals surface area contributed by atoms with Crippen molar-refractivity contribution in [3.63, 3.8) is 0 Å². The zero-order valence-electron chi connectivity index (χ0n) is 9.06. The van der Waals surface area contributed by atoms with E-state index in [1.54, 1.807) is 0 Å². The molecule has 0 aliphatic heterocycles. The quantitative estimate of drug-likeness (QED) is 0.485. The molecule has 0 heterocycles. The summed E-state index contributed by atoms with van der Waals surface area (Å²) < 4.78 is 62.2. The molecule has 0 fully saturated rings. The molecular formula is C8H5ClF3NO5S. The van der Waals surface area contributed by atoms with E-state index >= 15 is 0 Å². The van der Waals surface area contributed by atoms with Crippen LogP contribution in [0.25, 0.3) is 0 Å². The minimum absolute atomic E-state index is 0.467. The number of rotatable bonds is 3. The van der Waals surface area contributed by atoms with Gasteiger partial charge in [0.1, 0.15) is 5.75 Å². The van der Waals surface area contributed by atoms with Crippen molar-refractivity contribution >= 4 is 25.4 Å². The summed E-state index contributed by atoms with van der Waals surface area (Å²) in [7, 11) is 0.549. The summed E-state index contributed by atoms with van der Waals surface area (Å²) in [6, 6.07) is 1.02. The minimum atomic E-state index is -5.12. The standard InChI is InChI=1S/C8H5ClF3NO5S/c1-4-6(18-8(10,11)12)2-5(13(14)15)3-7(4)19(9,16)17/h2-3H,1H3. The first-order valence-corrected chi connectivity index (χ1v) is 6.72. The maximum absolute atomic E-state index is 12.1. The Morgan fingerprint density at radius 2 is 1.89 bits per heavy atom. The van der Waals surface area contributed by atoms with E-state index in [0.29, 0.717) is 12.1 Å². The molecule has 1 rings (SSSR count). The number of hydrogen-bond acceptors (Lipinski definition) is 5. The van der Waals surface area contributed by atoms with E-state index in [4.69, 9.17) is 10.7 Å². The van der Waals surface area contributed by atoms with Crippen LogP contribution in [0.2, 0.25) is 0 Å². The van der Waals surface area contributed by atoms with E-state index in [1.165, 1.54) is 0 Å². The Labute approximate surface area is 109 Å². The molecule has 19 heavy (non-hydrogen) atoms. The van der Waals surface area contributed by atoms with Gasteiger partial charge in [-0.1, -0.05) is 0 Å². The Kier molecular flexibility index (Phi) is 3.96. The fourth-order valence-electron chi connectivity index (χ4n) is 1.24. The summed E-state index contributed by atoms with van der Waals surface area (Å²) in [5.41, 5.74) is -1.36. The van der Waals surface area contributed by atoms with Crippen LogP contribution < -0.4 is 4.74 Å². The average Bonchev–Trinajstić information content (AvgIpc) is 2.16. The third-order valence-corrected chi connectivity index (χ3v) is 3.44. The van der Waals surface area contributed by atoms with Gasteiger partial charge in [-0.3, -0.25) is 10.1 Å². The molecule has 0 unspecified atom stereocenters. The SMILES string of the molecule is Cc1c(OC(F)(F)F)cc([N+](=O)[O-])cc1S(=O)(=O)Cl. The first kappa shape index (κ1) is 15.5. The molecule has 1 aromatic carbocycles. The van der Waals surface area contributed by atoms with E-state index in [2.05, 4.69) is 4.74 Å². The number of halogens is 4. The van der Waals surface area contributed by atoms with Crippen molar-refractivity contribution in [3.05, 3.63) is 27.8 Å². The van der Waals surface area contributed by atoms with Crippen LogP contribution >= 0.6 is 10.7 Å². The Morgan fingerprint density at radius 3 is 2.26 bits per heavy atom. The van der Waals surface area contributed by atoms with Gasteiger partial charge in [0.25, 0.3) is 14.7 Å². The van der Waals surface area contributed by atoms with Crippen LogP contribution in [0.1, 0.15) is 5.56 Å². The summed E-state index contributed by atoms with van der Waals surface area (Å²) in [6.45, 7) is 0.986. The third-order valence-electron chi connectivity index (χ3n) is 2.00. The van der Waals surface area contributed by atoms with Gasteiger partial charge in [0.15, 0.2) is 0 Å². The second kappa shape index (κ2) is 4.85. The van der Waals surface area contributed by atoms with Crippen molar-refractivity contribution in [1.82, 2.24) is 0 Å². The van der Waals surface area contributed by atoms with Gasteiger partial charge in [0.05, 0.1) is 15.9 Å². The molecule has 0 saturated carbocycles. The van der Waals surface area contributed by atoms with Crippen LogP contribution in [0.4, 0.5) is 18.9 Å². The summed E-state index contributed by atoms with van der Waals surface area (Å²) in [4.78, 5) is 8.66. The van der Waals surface area contributed by atoms with Gasteiger partial charge < -0.3 is 4.74 Å². The Morgan fingerprint density at radius 1 is 1.37 bits per heavy atom. The van der Waals surface area contributed by atoms with Gasteiger partial charge in [-0.2, -0.15) is 0 Å². The minimum Gasteiger partial charge on any atom is -0.405 e. The first-order chi connectivity index (χ1) is 8.42. The van der Waals surface area contributed by atoms with Crippen LogP contribution in [0.3, 0.4) is 0 Å². The number of benzene rings is 1. The highest BCUT2D eigenvalue weighted by atomic mass is 35.7. The van der Waals surface area contributed by atoms with Gasteiger partial charge in [-0.15, -0.1) is 13.2 Å². The zero-order chi connectivity index (χ0) is 15.0. The summed E-state index contributed by atoms with van der Waals surface area (Å²) >= 11 is 0. The third kappa shape index (κ3) is 3.96. The molecule has 0 aliphatic carbocycles. The lowest BCUT2D eigenvalue weighted by Gasteiger charge is -2.12. The lowest BCUT2D eigenvalue weighted by Crippen LogP contribution is -2.18. The Hall–Kier alpha value is -1.55. The van der Waals surface area contributed by atoms with Crippen LogP contribution in [0, 0.1) is 17.0 Å². The van der Waals surface area contributed by atoms with Crippen molar-refractivity contribution in [2.45, 2.75) is 18.2 Å². The number of nitro benzene ring substituents is 1. The van der Waals surface area contributed by atoms with Crippen molar-refractivity contribution < 1.29 is 31.2 Å². The molecule has 0 saturated heterocycles. The molecule has 0 N–H and O–H groups in total. The second-order valence-electron chi connectivity index (χ2n) is 3.31. The smallest absolute Gasteiger partial charge is 0.405 e. The highest BCUT2D eigenvalue weighted by molar-refractivity contribution is 8.13. The van der Waals surface area contributed by atoms with Crippen molar-refractivity contribution in [1.29, 1.82) is 0 Å². The highest BCUT2D eigenvalue weighted by Gasteiger charge is 2.34. The average molecular weight is 320 g/mol. The molecule has 0 radical (unpaired) electrons. The predicted molar refractivity (Wildman–Crippen MR) is 57.6 cm³/mol. The van der Waals surface area contributed by atoms with Gasteiger partial charge in [-0.25, -0.2) is 8.42 Å². The number of hydrogen-bond donors (Lipinski definition) is 0. The molecule has 0 aliphatic rings. The van der Waals surface area contributed by atoms with Gasteiger partial charge in [-0.05, 0) is 6.92 Å². The predicted octanol–water partition coefficient (Wildman–Crippen LogP) is 2.73. The molecule has 0 aromatic heterocycles. The maximum atomic E-state index is 12.1. The van der Waals surface area contributed by atoms with E-state index < -0.39 is 42.2 Å². The van der Waals surface area contributed by atoms with Gasteiger partial charge in [0.2, 0.25) is 0 Å². The second-order valence-corrected chi connectivity index (χ2v) is 5.84. The highest BCUT2D eigenvalue weighted by Crippen LogP contribution is 2.35. The van der Waals surface area contributed by atoms with Crippen LogP contribution in [0.5, 0.6) is 5.75 Å². The number of non-ortho nitro benzene ring substituents is 1. The first-order valence-electron chi connectivity index (χ1n) is 4.41. The maximum Gasteiger partial charge on any atom is 0.573 e. The summed E-state index contributed by atoms with van der Waals surface area (Å²) in [5.74, 6) is -0.999.